The summed E-state index contributed by atoms with van der Waals surface area (Å²) in [5, 5.41) is 0. The third-order valence-corrected chi connectivity index (χ3v) is 2.26. The van der Waals surface area contributed by atoms with Gasteiger partial charge in [0.25, 0.3) is 0 Å². The maximum Gasteiger partial charge on any atom is 0.119 e. The van der Waals surface area contributed by atoms with Crippen molar-refractivity contribution in [1.82, 2.24) is 4.90 Å². The van der Waals surface area contributed by atoms with Crippen molar-refractivity contribution in [3.63, 3.8) is 0 Å². The molecule has 3 nitrogen and oxygen atoms in total. The number of ether oxygens (including phenoxy) is 1. The molecular formula is C13H22N2O. The summed E-state index contributed by atoms with van der Waals surface area (Å²) in [4.78, 5) is 2.15. The lowest BCUT2D eigenvalue weighted by atomic mass is 10.2. The van der Waals surface area contributed by atoms with E-state index in [1.54, 1.807) is 0 Å². The van der Waals surface area contributed by atoms with Crippen LogP contribution in [0.3, 0.4) is 0 Å². The molecule has 1 aromatic carbocycles. The average molecular weight is 222 g/mol. The van der Waals surface area contributed by atoms with Crippen LogP contribution >= 0.6 is 0 Å². The van der Waals surface area contributed by atoms with E-state index in [4.69, 9.17) is 10.5 Å². The van der Waals surface area contributed by atoms with Crippen LogP contribution in [0.2, 0.25) is 0 Å². The predicted octanol–water partition coefficient (Wildman–Crippen LogP) is 1.87. The zero-order valence-electron chi connectivity index (χ0n) is 10.3. The first-order valence-electron chi connectivity index (χ1n) is 5.79. The number of unbranched alkanes of at least 4 members (excludes halogenated alkanes) is 1. The first kappa shape index (κ1) is 13.0. The highest BCUT2D eigenvalue weighted by molar-refractivity contribution is 5.28. The van der Waals surface area contributed by atoms with Crippen molar-refractivity contribution in [3.05, 3.63) is 29.8 Å². The highest BCUT2D eigenvalue weighted by Crippen LogP contribution is 2.14. The lowest BCUT2D eigenvalue weighted by Crippen LogP contribution is -2.10. The third-order valence-electron chi connectivity index (χ3n) is 2.26. The number of hydrogen-bond donors (Lipinski definition) is 1. The van der Waals surface area contributed by atoms with Gasteiger partial charge in [0.2, 0.25) is 0 Å². The SMILES string of the molecule is CN(C)Cc1cccc(OCCCCN)c1. The lowest BCUT2D eigenvalue weighted by molar-refractivity contribution is 0.307. The van der Waals surface area contributed by atoms with E-state index >= 15 is 0 Å². The van der Waals surface area contributed by atoms with E-state index in [0.717, 1.165) is 38.3 Å². The molecule has 90 valence electrons. The van der Waals surface area contributed by atoms with Crippen LogP contribution in [0.5, 0.6) is 5.75 Å². The molecule has 0 atom stereocenters. The van der Waals surface area contributed by atoms with E-state index in [2.05, 4.69) is 31.1 Å². The van der Waals surface area contributed by atoms with Gasteiger partial charge < -0.3 is 15.4 Å². The normalized spacial score (nSPS) is 10.8. The Labute approximate surface area is 98.2 Å². The second-order valence-electron chi connectivity index (χ2n) is 4.23. The van der Waals surface area contributed by atoms with Crippen LogP contribution in [0.15, 0.2) is 24.3 Å². The van der Waals surface area contributed by atoms with E-state index in [-0.39, 0.29) is 0 Å². The maximum atomic E-state index is 5.66. The lowest BCUT2D eigenvalue weighted by Gasteiger charge is -2.11. The van der Waals surface area contributed by atoms with Gasteiger partial charge in [-0.3, -0.25) is 0 Å². The van der Waals surface area contributed by atoms with Crippen molar-refractivity contribution in [1.29, 1.82) is 0 Å². The summed E-state index contributed by atoms with van der Waals surface area (Å²) >= 11 is 0. The van der Waals surface area contributed by atoms with Crippen molar-refractivity contribution >= 4 is 0 Å². The molecule has 0 heterocycles. The van der Waals surface area contributed by atoms with E-state index in [0.29, 0.717) is 0 Å². The summed E-state index contributed by atoms with van der Waals surface area (Å²) in [7, 11) is 4.13. The minimum absolute atomic E-state index is 0.740. The van der Waals surface area contributed by atoms with Gasteiger partial charge in [0.15, 0.2) is 0 Å². The van der Waals surface area contributed by atoms with Gasteiger partial charge in [-0.25, -0.2) is 0 Å². The van der Waals surface area contributed by atoms with Crippen LogP contribution in [-0.2, 0) is 6.54 Å². The van der Waals surface area contributed by atoms with Crippen molar-refractivity contribution in [2.45, 2.75) is 19.4 Å². The zero-order valence-corrected chi connectivity index (χ0v) is 10.3. The maximum absolute atomic E-state index is 5.66. The average Bonchev–Trinajstić information content (AvgIpc) is 2.24. The molecule has 0 amide bonds. The van der Waals surface area contributed by atoms with Gasteiger partial charge in [-0.05, 0) is 51.2 Å². The van der Waals surface area contributed by atoms with Gasteiger partial charge in [-0.15, -0.1) is 0 Å². The van der Waals surface area contributed by atoms with E-state index in [1.807, 2.05) is 12.1 Å². The molecule has 0 saturated carbocycles. The molecule has 0 aromatic heterocycles. The number of nitrogens with two attached hydrogens (primary N) is 1. The summed E-state index contributed by atoms with van der Waals surface area (Å²) < 4.78 is 5.66. The summed E-state index contributed by atoms with van der Waals surface area (Å²) in [6.07, 6.45) is 2.05. The molecule has 0 spiro atoms. The van der Waals surface area contributed by atoms with Gasteiger partial charge in [0.05, 0.1) is 6.61 Å². The summed E-state index contributed by atoms with van der Waals surface area (Å²) in [6, 6.07) is 8.26. The van der Waals surface area contributed by atoms with E-state index in [9.17, 15) is 0 Å². The second-order valence-corrected chi connectivity index (χ2v) is 4.23. The zero-order chi connectivity index (χ0) is 11.8. The van der Waals surface area contributed by atoms with Crippen molar-refractivity contribution < 1.29 is 4.74 Å². The number of nitrogens with zero attached hydrogens (tertiary/aromatic N) is 1. The van der Waals surface area contributed by atoms with Gasteiger partial charge in [0.1, 0.15) is 5.75 Å². The highest BCUT2D eigenvalue weighted by atomic mass is 16.5. The first-order chi connectivity index (χ1) is 7.72. The molecule has 0 radical (unpaired) electrons. The largest absolute Gasteiger partial charge is 0.494 e. The smallest absolute Gasteiger partial charge is 0.119 e. The molecule has 1 aromatic rings. The molecule has 16 heavy (non-hydrogen) atoms. The minimum Gasteiger partial charge on any atom is -0.494 e. The van der Waals surface area contributed by atoms with E-state index < -0.39 is 0 Å². The Balaban J connectivity index is 2.41. The fraction of sp³-hybridized carbons (Fsp3) is 0.538. The van der Waals surface area contributed by atoms with Gasteiger partial charge in [-0.2, -0.15) is 0 Å². The minimum atomic E-state index is 0.740. The molecule has 0 unspecified atom stereocenters. The molecular weight excluding hydrogens is 200 g/mol. The first-order valence-corrected chi connectivity index (χ1v) is 5.79. The Bertz CT molecular complexity index is 300. The van der Waals surface area contributed by atoms with Gasteiger partial charge >= 0.3 is 0 Å². The molecule has 0 saturated heterocycles. The number of benzene rings is 1. The van der Waals surface area contributed by atoms with Crippen LogP contribution in [0.4, 0.5) is 0 Å². The van der Waals surface area contributed by atoms with Gasteiger partial charge in [-0.1, -0.05) is 12.1 Å². The summed E-state index contributed by atoms with van der Waals surface area (Å²) in [5.74, 6) is 0.955. The topological polar surface area (TPSA) is 38.5 Å². The van der Waals surface area contributed by atoms with Crippen molar-refractivity contribution in [3.8, 4) is 5.75 Å². The molecule has 1 rings (SSSR count). The van der Waals surface area contributed by atoms with Crippen LogP contribution < -0.4 is 10.5 Å². The quantitative estimate of drug-likeness (QED) is 0.716. The van der Waals surface area contributed by atoms with Crippen molar-refractivity contribution in [2.24, 2.45) is 5.73 Å². The van der Waals surface area contributed by atoms with E-state index in [1.165, 1.54) is 5.56 Å². The Kier molecular flexibility index (Phi) is 5.90. The number of rotatable bonds is 7. The Hall–Kier alpha value is -1.06. The van der Waals surface area contributed by atoms with Crippen LogP contribution in [-0.4, -0.2) is 32.1 Å². The van der Waals surface area contributed by atoms with Crippen molar-refractivity contribution in [2.75, 3.05) is 27.2 Å². The Morgan fingerprint density at radius 3 is 2.75 bits per heavy atom. The van der Waals surface area contributed by atoms with Crippen LogP contribution in [0.1, 0.15) is 18.4 Å². The standard InChI is InChI=1S/C13H22N2O/c1-15(2)11-12-6-5-7-13(10-12)16-9-4-3-8-14/h5-7,10H,3-4,8-9,11,14H2,1-2H3. The monoisotopic (exact) mass is 222 g/mol. The van der Waals surface area contributed by atoms with Gasteiger partial charge in [0, 0.05) is 6.54 Å². The fourth-order valence-corrected chi connectivity index (χ4v) is 1.54. The molecule has 0 bridgehead atoms. The molecule has 0 aliphatic rings. The molecule has 0 fully saturated rings. The molecule has 0 aliphatic heterocycles. The fourth-order valence-electron chi connectivity index (χ4n) is 1.54. The summed E-state index contributed by atoms with van der Waals surface area (Å²) in [5.41, 5.74) is 6.70. The third kappa shape index (κ3) is 5.14. The second kappa shape index (κ2) is 7.25. The molecule has 0 aliphatic carbocycles. The molecule has 2 N–H and O–H groups in total. The van der Waals surface area contributed by atoms with Crippen LogP contribution in [0, 0.1) is 0 Å². The Morgan fingerprint density at radius 2 is 2.06 bits per heavy atom. The Morgan fingerprint density at radius 1 is 1.25 bits per heavy atom. The summed E-state index contributed by atoms with van der Waals surface area (Å²) in [6.45, 7) is 2.44. The van der Waals surface area contributed by atoms with Crippen LogP contribution in [0.25, 0.3) is 0 Å². The number of hydrogen-bond acceptors (Lipinski definition) is 3. The predicted molar refractivity (Wildman–Crippen MR) is 67.6 cm³/mol. The molecule has 3 heteroatoms. The highest BCUT2D eigenvalue weighted by Gasteiger charge is 1.98.